The summed E-state index contributed by atoms with van der Waals surface area (Å²) in [5.41, 5.74) is 5.99. The van der Waals surface area contributed by atoms with Gasteiger partial charge in [-0.3, -0.25) is 4.79 Å². The van der Waals surface area contributed by atoms with Crippen LogP contribution in [0.4, 0.5) is 0 Å². The summed E-state index contributed by atoms with van der Waals surface area (Å²) in [4.78, 5) is 37.5. The average molecular weight is 296 g/mol. The highest BCUT2D eigenvalue weighted by Gasteiger charge is 2.49. The molecule has 6 nitrogen and oxygen atoms in total. The molecule has 0 aromatic rings. The Labute approximate surface area is 125 Å². The van der Waals surface area contributed by atoms with Crippen LogP contribution in [0.2, 0.25) is 0 Å². The molecule has 6 heteroatoms. The zero-order valence-corrected chi connectivity index (χ0v) is 12.5. The van der Waals surface area contributed by atoms with Crippen molar-refractivity contribution in [2.75, 3.05) is 13.2 Å². The molecule has 1 unspecified atom stereocenters. The second-order valence-corrected chi connectivity index (χ2v) is 5.91. The molecule has 0 aromatic carbocycles. The van der Waals surface area contributed by atoms with E-state index >= 15 is 0 Å². The molecule has 1 aliphatic heterocycles. The van der Waals surface area contributed by atoms with Crippen molar-refractivity contribution in [1.29, 1.82) is 0 Å². The third kappa shape index (κ3) is 3.68. The van der Waals surface area contributed by atoms with E-state index in [1.54, 1.807) is 6.92 Å². The number of carbonyl (C=O) groups is 3. The molecule has 1 radical (unpaired) electrons. The Morgan fingerprint density at radius 2 is 1.95 bits per heavy atom. The van der Waals surface area contributed by atoms with Crippen molar-refractivity contribution in [3.63, 3.8) is 0 Å². The van der Waals surface area contributed by atoms with Crippen LogP contribution in [0.5, 0.6) is 0 Å². The first-order chi connectivity index (χ1) is 10.0. The van der Waals surface area contributed by atoms with E-state index in [1.807, 2.05) is 0 Å². The Bertz CT molecular complexity index is 420. The molecule has 2 fully saturated rings. The average Bonchev–Trinajstić information content (AvgIpc) is 2.90. The lowest BCUT2D eigenvalue weighted by Crippen LogP contribution is -2.54. The van der Waals surface area contributed by atoms with E-state index in [4.69, 9.17) is 10.5 Å². The van der Waals surface area contributed by atoms with E-state index in [2.05, 4.69) is 0 Å². The Balaban J connectivity index is 1.94. The molecule has 0 bridgehead atoms. The third-order valence-electron chi connectivity index (χ3n) is 4.44. The molecule has 1 saturated carbocycles. The zero-order chi connectivity index (χ0) is 15.4. The minimum absolute atomic E-state index is 0.159. The van der Waals surface area contributed by atoms with Gasteiger partial charge < -0.3 is 10.5 Å². The maximum absolute atomic E-state index is 12.4. The molecule has 117 valence electrons. The van der Waals surface area contributed by atoms with Crippen molar-refractivity contribution in [2.24, 2.45) is 11.7 Å². The smallest absolute Gasteiger partial charge is 0.381 e. The number of ether oxygens (including phenoxy) is 1. The summed E-state index contributed by atoms with van der Waals surface area (Å²) in [6, 6.07) is -1.25. The minimum atomic E-state index is -0.852. The van der Waals surface area contributed by atoms with Crippen molar-refractivity contribution < 1.29 is 19.1 Å². The van der Waals surface area contributed by atoms with Gasteiger partial charge in [0.2, 0.25) is 6.04 Å². The van der Waals surface area contributed by atoms with E-state index in [1.165, 1.54) is 11.3 Å². The molecule has 0 aromatic heterocycles. The maximum atomic E-state index is 12.4. The molecule has 1 amide bonds. The van der Waals surface area contributed by atoms with Gasteiger partial charge in [-0.15, -0.1) is 0 Å². The predicted octanol–water partition coefficient (Wildman–Crippen LogP) is 0.465. The van der Waals surface area contributed by atoms with E-state index < -0.39 is 23.8 Å². The van der Waals surface area contributed by atoms with Gasteiger partial charge in [0.25, 0.3) is 0 Å². The van der Waals surface area contributed by atoms with Crippen LogP contribution >= 0.6 is 0 Å². The van der Waals surface area contributed by atoms with Gasteiger partial charge >= 0.3 is 17.7 Å². The summed E-state index contributed by atoms with van der Waals surface area (Å²) in [7, 11) is 0. The van der Waals surface area contributed by atoms with Crippen molar-refractivity contribution >= 4 is 17.7 Å². The quantitative estimate of drug-likeness (QED) is 0.437. The number of hydrogen-bond acceptors (Lipinski definition) is 5. The number of likely N-dealkylation sites (tertiary alicyclic amines) is 1. The number of ketones is 1. The highest BCUT2D eigenvalue weighted by atomic mass is 16.5. The molecule has 2 atom stereocenters. The summed E-state index contributed by atoms with van der Waals surface area (Å²) in [6.07, 6.45) is 5.38. The second kappa shape index (κ2) is 7.13. The summed E-state index contributed by atoms with van der Waals surface area (Å²) in [5, 5.41) is 0. The van der Waals surface area contributed by atoms with Gasteiger partial charge in [-0.2, -0.15) is 0 Å². The Kier molecular flexibility index (Phi) is 5.47. The second-order valence-electron chi connectivity index (χ2n) is 5.91. The first kappa shape index (κ1) is 16.1. The van der Waals surface area contributed by atoms with Crippen LogP contribution in [0.15, 0.2) is 0 Å². The van der Waals surface area contributed by atoms with Crippen LogP contribution in [-0.2, 0) is 19.1 Å². The van der Waals surface area contributed by atoms with Gasteiger partial charge in [-0.1, -0.05) is 24.2 Å². The number of carbonyl (C=O) groups excluding carboxylic acids is 3. The van der Waals surface area contributed by atoms with Crippen LogP contribution < -0.4 is 10.6 Å². The lowest BCUT2D eigenvalue weighted by Gasteiger charge is -2.27. The molecule has 2 aliphatic rings. The highest BCUT2D eigenvalue weighted by molar-refractivity contribution is 6.36. The summed E-state index contributed by atoms with van der Waals surface area (Å²) >= 11 is 0. The van der Waals surface area contributed by atoms with E-state index in [0.717, 1.165) is 19.3 Å². The fourth-order valence-corrected chi connectivity index (χ4v) is 3.04. The predicted molar refractivity (Wildman–Crippen MR) is 76.6 cm³/mol. The molecule has 2 rings (SSSR count). The Morgan fingerprint density at radius 3 is 2.52 bits per heavy atom. The van der Waals surface area contributed by atoms with Gasteiger partial charge in [-0.05, 0) is 19.3 Å². The lowest BCUT2D eigenvalue weighted by atomic mass is 9.81. The largest absolute Gasteiger partial charge is 0.460 e. The van der Waals surface area contributed by atoms with Crippen LogP contribution in [0.3, 0.4) is 0 Å². The van der Waals surface area contributed by atoms with Crippen LogP contribution in [0.1, 0.15) is 45.4 Å². The fourth-order valence-electron chi connectivity index (χ4n) is 3.04. The van der Waals surface area contributed by atoms with Crippen LogP contribution in [-0.4, -0.2) is 42.9 Å². The van der Waals surface area contributed by atoms with E-state index in [0.29, 0.717) is 25.3 Å². The number of nitrogens with zero attached hydrogens (tertiary/aromatic N) is 1. The number of rotatable bonds is 6. The van der Waals surface area contributed by atoms with E-state index in [-0.39, 0.29) is 12.5 Å². The van der Waals surface area contributed by atoms with Crippen molar-refractivity contribution in [1.82, 2.24) is 4.90 Å². The molecule has 0 spiro atoms. The topological polar surface area (TPSA) is 92.4 Å². The first-order valence-corrected chi connectivity index (χ1v) is 7.81. The molecule has 2 N–H and O–H groups in total. The fraction of sp³-hybridized carbons (Fsp3) is 0.800. The first-order valence-electron chi connectivity index (χ1n) is 7.81. The van der Waals surface area contributed by atoms with Gasteiger partial charge in [0.15, 0.2) is 0 Å². The molecular weight excluding hydrogens is 272 g/mol. The maximum Gasteiger partial charge on any atom is 0.381 e. The minimum Gasteiger partial charge on any atom is -0.460 e. The number of nitrogens with two attached hydrogens (primary N) is 1. The Hall–Kier alpha value is -1.27. The van der Waals surface area contributed by atoms with Crippen LogP contribution in [0, 0.1) is 5.92 Å². The number of hydrogen-bond donors (Lipinski definition) is 1. The number of esters is 1. The molecule has 1 aliphatic carbocycles. The summed E-state index contributed by atoms with van der Waals surface area (Å²) in [6.45, 7) is 2.30. The molecule has 1 saturated heterocycles. The monoisotopic (exact) mass is 296 g/mol. The van der Waals surface area contributed by atoms with Gasteiger partial charge in [0.05, 0.1) is 6.61 Å². The lowest BCUT2D eigenvalue weighted by molar-refractivity contribution is -0.155. The Morgan fingerprint density at radius 1 is 1.24 bits per heavy atom. The highest BCUT2D eigenvalue weighted by Crippen LogP contribution is 2.30. The number of amides is 1. The van der Waals surface area contributed by atoms with E-state index in [9.17, 15) is 14.4 Å². The standard InChI is InChI=1S/C15H24N2O4/c1-2-21-15(20)13(18)12-7-4-8-17(12)14(19)11(16)9-10-5-3-6-10/h10-12H,2-9,16H2,1H3/q+1/t11?,12-/m0/s1. The molecular formula is C15H24N2O4+. The van der Waals surface area contributed by atoms with Gasteiger partial charge in [-0.25, -0.2) is 9.59 Å². The summed E-state index contributed by atoms with van der Waals surface area (Å²) in [5.74, 6) is -1.15. The van der Waals surface area contributed by atoms with Gasteiger partial charge in [0, 0.05) is 12.8 Å². The van der Waals surface area contributed by atoms with Crippen molar-refractivity contribution in [3.8, 4) is 0 Å². The normalized spacial score (nSPS) is 24.4. The molecule has 1 heterocycles. The number of Topliss-reactive ketones (excluding diaryl/α,β-unsaturated/α-hetero) is 1. The SMILES string of the molecule is CCOC(=O)C(=O)[C@@H]1CCC[N+]1C(=O)C(N)CC1CCC1. The van der Waals surface area contributed by atoms with Crippen molar-refractivity contribution in [3.05, 3.63) is 0 Å². The summed E-state index contributed by atoms with van der Waals surface area (Å²) < 4.78 is 4.74. The van der Waals surface area contributed by atoms with Crippen LogP contribution in [0.25, 0.3) is 0 Å². The zero-order valence-electron chi connectivity index (χ0n) is 12.5. The molecule has 21 heavy (non-hydrogen) atoms. The third-order valence-corrected chi connectivity index (χ3v) is 4.44. The van der Waals surface area contributed by atoms with Gasteiger partial charge in [0.1, 0.15) is 12.6 Å². The van der Waals surface area contributed by atoms with Crippen molar-refractivity contribution in [2.45, 2.75) is 57.5 Å².